The Balaban J connectivity index is 1.33. The monoisotopic (exact) mass is 301 g/mol. The number of carbonyl (C=O) groups excluding carboxylic acids is 1. The van der Waals surface area contributed by atoms with Crippen molar-refractivity contribution in [3.05, 3.63) is 24.4 Å². The van der Waals surface area contributed by atoms with Gasteiger partial charge in [-0.15, -0.1) is 0 Å². The highest BCUT2D eigenvalue weighted by atomic mass is 16.5. The van der Waals surface area contributed by atoms with E-state index in [1.165, 1.54) is 19.3 Å². The van der Waals surface area contributed by atoms with Crippen molar-refractivity contribution in [3.8, 4) is 0 Å². The van der Waals surface area contributed by atoms with E-state index in [0.29, 0.717) is 11.7 Å². The van der Waals surface area contributed by atoms with Crippen molar-refractivity contribution in [1.82, 2.24) is 10.6 Å². The van der Waals surface area contributed by atoms with Gasteiger partial charge in [0.05, 0.1) is 0 Å². The molecule has 0 unspecified atom stereocenters. The Labute approximate surface area is 130 Å². The van der Waals surface area contributed by atoms with Crippen LogP contribution in [0.1, 0.15) is 38.5 Å². The molecule has 5 rings (SSSR count). The molecule has 5 aliphatic rings. The third kappa shape index (κ3) is 2.64. The molecule has 0 aromatic heterocycles. The molecule has 0 saturated heterocycles. The minimum absolute atomic E-state index is 0.0159. The van der Waals surface area contributed by atoms with Crippen LogP contribution >= 0.6 is 0 Å². The number of nitrogens with one attached hydrogen (secondary N) is 2. The quantitative estimate of drug-likeness (QED) is 0.835. The van der Waals surface area contributed by atoms with Crippen LogP contribution in [0.2, 0.25) is 0 Å². The van der Waals surface area contributed by atoms with Crippen molar-refractivity contribution in [2.45, 2.75) is 44.1 Å². The lowest BCUT2D eigenvalue weighted by molar-refractivity contribution is -0.130. The molecule has 1 amide bonds. The number of nitrogens with zero attached hydrogens (tertiary/aromatic N) is 1. The fourth-order valence-corrected chi connectivity index (χ4v) is 5.23. The van der Waals surface area contributed by atoms with E-state index in [9.17, 15) is 4.79 Å². The molecule has 0 radical (unpaired) electrons. The summed E-state index contributed by atoms with van der Waals surface area (Å²) >= 11 is 0. The first-order chi connectivity index (χ1) is 10.6. The lowest BCUT2D eigenvalue weighted by Crippen LogP contribution is -2.60. The molecule has 0 aromatic carbocycles. The van der Waals surface area contributed by atoms with Gasteiger partial charge in [0.1, 0.15) is 5.82 Å². The van der Waals surface area contributed by atoms with Crippen LogP contribution in [-0.2, 0) is 9.53 Å². The number of ether oxygens (including phenoxy) is 1. The summed E-state index contributed by atoms with van der Waals surface area (Å²) in [5.41, 5.74) is 0.0502. The highest BCUT2D eigenvalue weighted by Gasteiger charge is 2.51. The Bertz CT molecular complexity index is 529. The molecule has 4 aliphatic carbocycles. The molecule has 0 aromatic rings. The van der Waals surface area contributed by atoms with E-state index in [-0.39, 0.29) is 18.1 Å². The van der Waals surface area contributed by atoms with Crippen LogP contribution in [0.4, 0.5) is 0 Å². The summed E-state index contributed by atoms with van der Waals surface area (Å²) in [6.07, 6.45) is 10.9. The number of hydrogen-bond donors (Lipinski definition) is 2. The van der Waals surface area contributed by atoms with E-state index >= 15 is 0 Å². The molecule has 0 spiro atoms. The Kier molecular flexibility index (Phi) is 3.24. The SMILES string of the molecule is C=C1N=CC=C(OCC(=O)NC23CC4CC(CC(C4)C2)C3)N1. The topological polar surface area (TPSA) is 62.7 Å². The van der Waals surface area contributed by atoms with Gasteiger partial charge in [-0.05, 0) is 56.3 Å². The summed E-state index contributed by atoms with van der Waals surface area (Å²) in [7, 11) is 0. The van der Waals surface area contributed by atoms with Crippen molar-refractivity contribution in [1.29, 1.82) is 0 Å². The molecule has 118 valence electrons. The van der Waals surface area contributed by atoms with Gasteiger partial charge in [-0.3, -0.25) is 4.79 Å². The molecule has 5 heteroatoms. The number of aliphatic imine (C=N–C) groups is 1. The third-order valence-electron chi connectivity index (χ3n) is 5.53. The molecular weight excluding hydrogens is 278 g/mol. The summed E-state index contributed by atoms with van der Waals surface area (Å²) in [5.74, 6) is 3.52. The lowest BCUT2D eigenvalue weighted by Gasteiger charge is -2.56. The fourth-order valence-electron chi connectivity index (χ4n) is 5.23. The predicted molar refractivity (Wildman–Crippen MR) is 83.8 cm³/mol. The van der Waals surface area contributed by atoms with Gasteiger partial charge in [-0.1, -0.05) is 6.58 Å². The molecule has 4 bridgehead atoms. The molecule has 1 heterocycles. The predicted octanol–water partition coefficient (Wildman–Crippen LogP) is 2.07. The van der Waals surface area contributed by atoms with Gasteiger partial charge in [-0.2, -0.15) is 0 Å². The molecule has 0 atom stereocenters. The third-order valence-corrected chi connectivity index (χ3v) is 5.53. The summed E-state index contributed by atoms with van der Waals surface area (Å²) in [6, 6.07) is 0. The first-order valence-electron chi connectivity index (χ1n) is 8.24. The standard InChI is InChI=1S/C17H23N3O2/c1-11-18-3-2-16(19-11)22-10-15(21)20-17-7-12-4-13(8-17)6-14(5-12)9-17/h2-3,12-14,19H,1,4-10H2,(H,20,21). The molecule has 22 heavy (non-hydrogen) atoms. The van der Waals surface area contributed by atoms with Gasteiger partial charge in [0, 0.05) is 17.8 Å². The van der Waals surface area contributed by atoms with Crippen molar-refractivity contribution < 1.29 is 9.53 Å². The Morgan fingerprint density at radius 2 is 1.95 bits per heavy atom. The minimum atomic E-state index is -0.0159. The maximum absolute atomic E-state index is 12.3. The number of allylic oxidation sites excluding steroid dienone is 1. The number of rotatable bonds is 4. The highest BCUT2D eigenvalue weighted by Crippen LogP contribution is 2.55. The van der Waals surface area contributed by atoms with Crippen molar-refractivity contribution in [2.24, 2.45) is 22.7 Å². The minimum Gasteiger partial charge on any atom is -0.469 e. The molecule has 1 aliphatic heterocycles. The van der Waals surface area contributed by atoms with Crippen LogP contribution in [0.25, 0.3) is 0 Å². The van der Waals surface area contributed by atoms with Crippen LogP contribution < -0.4 is 10.6 Å². The zero-order valence-electron chi connectivity index (χ0n) is 12.8. The van der Waals surface area contributed by atoms with E-state index in [0.717, 1.165) is 37.0 Å². The average Bonchev–Trinajstić information content (AvgIpc) is 2.43. The normalized spacial score (nSPS) is 38.5. The van der Waals surface area contributed by atoms with Crippen LogP contribution in [0.3, 0.4) is 0 Å². The number of amides is 1. The van der Waals surface area contributed by atoms with Crippen LogP contribution in [0.5, 0.6) is 0 Å². The zero-order chi connectivity index (χ0) is 15.2. The summed E-state index contributed by atoms with van der Waals surface area (Å²) in [6.45, 7) is 3.75. The average molecular weight is 301 g/mol. The van der Waals surface area contributed by atoms with Crippen LogP contribution in [0.15, 0.2) is 29.4 Å². The van der Waals surface area contributed by atoms with Gasteiger partial charge in [-0.25, -0.2) is 4.99 Å². The van der Waals surface area contributed by atoms with Gasteiger partial charge in [0.25, 0.3) is 5.91 Å². The molecule has 2 N–H and O–H groups in total. The maximum atomic E-state index is 12.3. The molecular formula is C17H23N3O2. The van der Waals surface area contributed by atoms with Crippen molar-refractivity contribution in [3.63, 3.8) is 0 Å². The molecule has 4 saturated carbocycles. The summed E-state index contributed by atoms with van der Waals surface area (Å²) in [5, 5.41) is 6.20. The summed E-state index contributed by atoms with van der Waals surface area (Å²) in [4.78, 5) is 16.3. The highest BCUT2D eigenvalue weighted by molar-refractivity contribution is 5.78. The second kappa shape index (κ2) is 5.14. The zero-order valence-corrected chi connectivity index (χ0v) is 12.8. The van der Waals surface area contributed by atoms with E-state index in [1.807, 2.05) is 0 Å². The second-order valence-corrected chi connectivity index (χ2v) is 7.42. The van der Waals surface area contributed by atoms with Crippen LogP contribution in [0, 0.1) is 17.8 Å². The van der Waals surface area contributed by atoms with E-state index in [4.69, 9.17) is 4.74 Å². The Hall–Kier alpha value is -1.78. The van der Waals surface area contributed by atoms with Crippen LogP contribution in [-0.4, -0.2) is 24.3 Å². The number of hydrogen-bond acceptors (Lipinski definition) is 4. The fraction of sp³-hybridized carbons (Fsp3) is 0.647. The van der Waals surface area contributed by atoms with Gasteiger partial charge in [0.15, 0.2) is 12.5 Å². The first-order valence-corrected chi connectivity index (χ1v) is 8.24. The molecule has 5 nitrogen and oxygen atoms in total. The van der Waals surface area contributed by atoms with Crippen molar-refractivity contribution in [2.75, 3.05) is 6.61 Å². The van der Waals surface area contributed by atoms with E-state index < -0.39 is 0 Å². The van der Waals surface area contributed by atoms with Gasteiger partial charge >= 0.3 is 0 Å². The number of carbonyl (C=O) groups is 1. The largest absolute Gasteiger partial charge is 0.469 e. The van der Waals surface area contributed by atoms with Gasteiger partial charge in [0.2, 0.25) is 0 Å². The van der Waals surface area contributed by atoms with Gasteiger partial charge < -0.3 is 15.4 Å². The first kappa shape index (κ1) is 13.9. The van der Waals surface area contributed by atoms with E-state index in [1.54, 1.807) is 12.3 Å². The lowest BCUT2D eigenvalue weighted by atomic mass is 9.53. The second-order valence-electron chi connectivity index (χ2n) is 7.42. The van der Waals surface area contributed by atoms with E-state index in [2.05, 4.69) is 22.2 Å². The Morgan fingerprint density at radius 3 is 2.55 bits per heavy atom. The Morgan fingerprint density at radius 1 is 1.32 bits per heavy atom. The van der Waals surface area contributed by atoms with Crippen molar-refractivity contribution >= 4 is 12.1 Å². The molecule has 4 fully saturated rings. The maximum Gasteiger partial charge on any atom is 0.258 e. The summed E-state index contributed by atoms with van der Waals surface area (Å²) < 4.78 is 5.51. The smallest absolute Gasteiger partial charge is 0.258 e.